The first-order valence-electron chi connectivity index (χ1n) is 5.15. The average Bonchev–Trinajstić information content (AvgIpc) is 2.60. The number of carbonyl (C=O) groups is 1. The van der Waals surface area contributed by atoms with E-state index in [1.54, 1.807) is 11.3 Å². The molecule has 0 saturated carbocycles. The van der Waals surface area contributed by atoms with Crippen LogP contribution in [0.25, 0.3) is 0 Å². The lowest BCUT2D eigenvalue weighted by Crippen LogP contribution is -2.28. The normalized spacial score (nSPS) is 13.0. The first-order chi connectivity index (χ1) is 7.49. The number of thiophene rings is 1. The molecular weight excluding hydrogens is 246 g/mol. The van der Waals surface area contributed by atoms with Crippen molar-refractivity contribution < 1.29 is 9.90 Å². The van der Waals surface area contributed by atoms with Gasteiger partial charge >= 0.3 is 5.97 Å². The molecule has 0 spiro atoms. The summed E-state index contributed by atoms with van der Waals surface area (Å²) in [5, 5.41) is 8.60. The van der Waals surface area contributed by atoms with Crippen molar-refractivity contribution in [1.82, 2.24) is 4.90 Å². The lowest BCUT2D eigenvalue weighted by molar-refractivity contribution is -0.137. The van der Waals surface area contributed by atoms with Crippen LogP contribution in [0.4, 0.5) is 0 Å². The lowest BCUT2D eigenvalue weighted by atomic mass is 10.1. The van der Waals surface area contributed by atoms with E-state index in [1.165, 1.54) is 4.88 Å². The van der Waals surface area contributed by atoms with E-state index in [1.807, 2.05) is 26.1 Å². The molecule has 0 bridgehead atoms. The monoisotopic (exact) mass is 261 g/mol. The van der Waals surface area contributed by atoms with Crippen molar-refractivity contribution in [2.24, 2.45) is 0 Å². The molecule has 0 aromatic carbocycles. The number of carboxylic acid groups (broad SMARTS) is 1. The fraction of sp³-hybridized carbons (Fsp3) is 0.545. The highest BCUT2D eigenvalue weighted by atomic mass is 35.5. The first-order valence-corrected chi connectivity index (χ1v) is 6.34. The summed E-state index contributed by atoms with van der Waals surface area (Å²) in [5.74, 6) is -0.737. The van der Waals surface area contributed by atoms with E-state index >= 15 is 0 Å². The molecule has 1 aromatic rings. The van der Waals surface area contributed by atoms with Gasteiger partial charge in [-0.25, -0.2) is 0 Å². The summed E-state index contributed by atoms with van der Waals surface area (Å²) in [6, 6.07) is 4.15. The van der Waals surface area contributed by atoms with E-state index in [9.17, 15) is 4.79 Å². The zero-order valence-corrected chi connectivity index (χ0v) is 11.0. The van der Waals surface area contributed by atoms with Crippen LogP contribution in [0.1, 0.15) is 24.6 Å². The van der Waals surface area contributed by atoms with Gasteiger partial charge in [-0.2, -0.15) is 0 Å². The van der Waals surface area contributed by atoms with Crippen LogP contribution in [0.15, 0.2) is 12.1 Å². The molecule has 0 saturated heterocycles. The average molecular weight is 262 g/mol. The molecule has 0 fully saturated rings. The Hall–Kier alpha value is -0.580. The van der Waals surface area contributed by atoms with Crippen LogP contribution in [0.3, 0.4) is 0 Å². The van der Waals surface area contributed by atoms with Crippen LogP contribution in [0.5, 0.6) is 0 Å². The molecule has 0 aliphatic carbocycles. The summed E-state index contributed by atoms with van der Waals surface area (Å²) in [6.45, 7) is 2.86. The zero-order chi connectivity index (χ0) is 12.1. The first kappa shape index (κ1) is 13.5. The summed E-state index contributed by atoms with van der Waals surface area (Å²) in [5.41, 5.74) is 0. The minimum Gasteiger partial charge on any atom is -0.481 e. The Morgan fingerprint density at radius 1 is 1.62 bits per heavy atom. The molecule has 16 heavy (non-hydrogen) atoms. The molecule has 5 heteroatoms. The van der Waals surface area contributed by atoms with Gasteiger partial charge in [-0.1, -0.05) is 11.6 Å². The highest BCUT2D eigenvalue weighted by Gasteiger charge is 2.12. The Bertz CT molecular complexity index is 354. The Morgan fingerprint density at radius 3 is 2.81 bits per heavy atom. The molecule has 0 radical (unpaired) electrons. The summed E-state index contributed by atoms with van der Waals surface area (Å²) in [4.78, 5) is 13.8. The van der Waals surface area contributed by atoms with Gasteiger partial charge in [-0.15, -0.1) is 11.3 Å². The predicted molar refractivity (Wildman–Crippen MR) is 67.1 cm³/mol. The minimum atomic E-state index is -0.737. The fourth-order valence-corrected chi connectivity index (χ4v) is 2.54. The van der Waals surface area contributed by atoms with Crippen molar-refractivity contribution in [3.05, 3.63) is 21.3 Å². The van der Waals surface area contributed by atoms with Gasteiger partial charge in [0.1, 0.15) is 0 Å². The number of carboxylic acids is 1. The molecule has 3 nitrogen and oxygen atoms in total. The van der Waals surface area contributed by atoms with Crippen molar-refractivity contribution in [2.75, 3.05) is 7.05 Å². The largest absolute Gasteiger partial charge is 0.481 e. The van der Waals surface area contributed by atoms with Gasteiger partial charge in [-0.3, -0.25) is 9.69 Å². The van der Waals surface area contributed by atoms with Crippen LogP contribution in [-0.4, -0.2) is 29.1 Å². The number of hydrogen-bond donors (Lipinski definition) is 1. The zero-order valence-electron chi connectivity index (χ0n) is 9.44. The molecule has 1 unspecified atom stereocenters. The van der Waals surface area contributed by atoms with Gasteiger partial charge in [0.15, 0.2) is 0 Å². The maximum absolute atomic E-state index is 10.5. The second-order valence-electron chi connectivity index (χ2n) is 3.90. The van der Waals surface area contributed by atoms with Crippen LogP contribution >= 0.6 is 22.9 Å². The van der Waals surface area contributed by atoms with E-state index < -0.39 is 5.97 Å². The van der Waals surface area contributed by atoms with Gasteiger partial charge in [-0.05, 0) is 32.5 Å². The van der Waals surface area contributed by atoms with Crippen LogP contribution < -0.4 is 0 Å². The number of aliphatic carboxylic acids is 1. The van der Waals surface area contributed by atoms with Crippen LogP contribution in [0, 0.1) is 0 Å². The Balaban J connectivity index is 2.39. The lowest BCUT2D eigenvalue weighted by Gasteiger charge is -2.23. The number of halogens is 1. The van der Waals surface area contributed by atoms with E-state index in [-0.39, 0.29) is 12.5 Å². The predicted octanol–water partition coefficient (Wildman–Crippen LogP) is 3.09. The molecule has 0 amide bonds. The Morgan fingerprint density at radius 2 is 2.31 bits per heavy atom. The van der Waals surface area contributed by atoms with E-state index in [0.717, 1.165) is 10.9 Å². The summed E-state index contributed by atoms with van der Waals surface area (Å²) < 4.78 is 0.793. The minimum absolute atomic E-state index is 0.219. The standard InChI is InChI=1S/C11H16ClNO2S/c1-8(3-6-11(14)15)13(2)7-9-4-5-10(12)16-9/h4-5,8H,3,6-7H2,1-2H3,(H,14,15). The third kappa shape index (κ3) is 4.51. The van der Waals surface area contributed by atoms with Crippen molar-refractivity contribution in [2.45, 2.75) is 32.4 Å². The molecular formula is C11H16ClNO2S. The molecule has 1 rings (SSSR count). The van der Waals surface area contributed by atoms with Gasteiger partial charge < -0.3 is 5.11 Å². The topological polar surface area (TPSA) is 40.5 Å². The van der Waals surface area contributed by atoms with Gasteiger partial charge in [0.05, 0.1) is 4.34 Å². The van der Waals surface area contributed by atoms with Crippen LogP contribution in [-0.2, 0) is 11.3 Å². The SMILES string of the molecule is CC(CCC(=O)O)N(C)Cc1ccc(Cl)s1. The third-order valence-electron chi connectivity index (χ3n) is 2.56. The summed E-state index contributed by atoms with van der Waals surface area (Å²) in [6.07, 6.45) is 0.891. The quantitative estimate of drug-likeness (QED) is 0.856. The van der Waals surface area contributed by atoms with Crippen molar-refractivity contribution in [3.8, 4) is 0 Å². The molecule has 1 heterocycles. The Labute approximate surface area is 105 Å². The van der Waals surface area contributed by atoms with Gasteiger partial charge in [0.2, 0.25) is 0 Å². The van der Waals surface area contributed by atoms with Gasteiger partial charge in [0, 0.05) is 23.9 Å². The van der Waals surface area contributed by atoms with Crippen molar-refractivity contribution in [1.29, 1.82) is 0 Å². The number of nitrogens with zero attached hydrogens (tertiary/aromatic N) is 1. The smallest absolute Gasteiger partial charge is 0.303 e. The summed E-state index contributed by atoms with van der Waals surface area (Å²) >= 11 is 7.41. The van der Waals surface area contributed by atoms with Gasteiger partial charge in [0.25, 0.3) is 0 Å². The second-order valence-corrected chi connectivity index (χ2v) is 5.70. The van der Waals surface area contributed by atoms with E-state index in [0.29, 0.717) is 6.42 Å². The molecule has 90 valence electrons. The van der Waals surface area contributed by atoms with E-state index in [2.05, 4.69) is 4.90 Å². The van der Waals surface area contributed by atoms with Crippen molar-refractivity contribution in [3.63, 3.8) is 0 Å². The Kier molecular flexibility index (Phi) is 5.25. The van der Waals surface area contributed by atoms with Crippen LogP contribution in [0.2, 0.25) is 4.34 Å². The number of rotatable bonds is 6. The molecule has 0 aliphatic rings. The molecule has 1 atom stereocenters. The maximum Gasteiger partial charge on any atom is 0.303 e. The summed E-state index contributed by atoms with van der Waals surface area (Å²) in [7, 11) is 2.00. The molecule has 1 N–H and O–H groups in total. The fourth-order valence-electron chi connectivity index (χ4n) is 1.39. The number of hydrogen-bond acceptors (Lipinski definition) is 3. The molecule has 1 aromatic heterocycles. The second kappa shape index (κ2) is 6.23. The highest BCUT2D eigenvalue weighted by Crippen LogP contribution is 2.23. The highest BCUT2D eigenvalue weighted by molar-refractivity contribution is 7.16. The van der Waals surface area contributed by atoms with E-state index in [4.69, 9.17) is 16.7 Å². The molecule has 0 aliphatic heterocycles. The third-order valence-corrected chi connectivity index (χ3v) is 3.78. The maximum atomic E-state index is 10.5. The van der Waals surface area contributed by atoms with Crippen molar-refractivity contribution >= 4 is 28.9 Å².